The maximum Gasteiger partial charge on any atom is 0.318 e. The van der Waals surface area contributed by atoms with Crippen molar-refractivity contribution >= 4 is 0 Å². The number of hydrogen-bond donors (Lipinski definition) is 0. The Balaban J connectivity index is 3.28. The summed E-state index contributed by atoms with van der Waals surface area (Å²) in [6, 6.07) is 0. The molecule has 0 heterocycles. The topological polar surface area (TPSA) is 13.6 Å². The zero-order valence-electron chi connectivity index (χ0n) is 5.56. The predicted octanol–water partition coefficient (Wildman–Crippen LogP) is 1.68. The normalized spacial score (nSPS) is 10.8. The van der Waals surface area contributed by atoms with E-state index >= 15 is 0 Å². The fourth-order valence-electron chi connectivity index (χ4n) is 0.226. The van der Waals surface area contributed by atoms with Crippen LogP contribution >= 0.6 is 0 Å². The van der Waals surface area contributed by atoms with Gasteiger partial charge in [-0.05, 0) is 20.8 Å². The maximum atomic E-state index is 6.38. The zero-order chi connectivity index (χ0) is 6.62. The van der Waals surface area contributed by atoms with Crippen LogP contribution in [0.4, 0.5) is 0 Å². The summed E-state index contributed by atoms with van der Waals surface area (Å²) in [5, 5.41) is 0. The second kappa shape index (κ2) is 2.68. The number of rotatable bonds is 1. The van der Waals surface area contributed by atoms with E-state index in [9.17, 15) is 0 Å². The lowest BCUT2D eigenvalue weighted by molar-refractivity contribution is 0.0141. The van der Waals surface area contributed by atoms with Crippen molar-refractivity contribution < 1.29 is 4.74 Å². The maximum absolute atomic E-state index is 6.38. The van der Waals surface area contributed by atoms with Crippen molar-refractivity contribution in [2.75, 3.05) is 6.73 Å². The Kier molecular flexibility index (Phi) is 2.50. The van der Waals surface area contributed by atoms with Gasteiger partial charge in [-0.3, -0.25) is 4.85 Å². The molecule has 0 unspecified atom stereocenters. The van der Waals surface area contributed by atoms with Gasteiger partial charge in [0.2, 0.25) is 0 Å². The lowest BCUT2D eigenvalue weighted by Gasteiger charge is -2.13. The van der Waals surface area contributed by atoms with Crippen LogP contribution in [0.3, 0.4) is 0 Å². The van der Waals surface area contributed by atoms with Crippen LogP contribution in [0, 0.1) is 6.57 Å². The highest BCUT2D eigenvalue weighted by molar-refractivity contribution is 4.60. The van der Waals surface area contributed by atoms with Crippen LogP contribution < -0.4 is 0 Å². The van der Waals surface area contributed by atoms with Gasteiger partial charge in [0.25, 0.3) is 0 Å². The third kappa shape index (κ3) is 5.45. The Bertz CT molecular complexity index is 96.1. The second-order valence-corrected chi connectivity index (χ2v) is 2.54. The smallest absolute Gasteiger partial charge is 0.307 e. The van der Waals surface area contributed by atoms with Crippen molar-refractivity contribution in [3.05, 3.63) is 11.4 Å². The zero-order valence-corrected chi connectivity index (χ0v) is 5.56. The van der Waals surface area contributed by atoms with Crippen LogP contribution in [0.5, 0.6) is 0 Å². The first-order valence-corrected chi connectivity index (χ1v) is 2.53. The minimum atomic E-state index is -0.162. The molecule has 0 aliphatic heterocycles. The Hall–Kier alpha value is -0.550. The van der Waals surface area contributed by atoms with Crippen molar-refractivity contribution in [2.45, 2.75) is 26.4 Å². The molecule has 0 amide bonds. The van der Waals surface area contributed by atoms with Crippen molar-refractivity contribution in [1.29, 1.82) is 0 Å². The summed E-state index contributed by atoms with van der Waals surface area (Å²) in [5.41, 5.74) is -0.162. The molecular formula is C6H11NO. The van der Waals surface area contributed by atoms with Gasteiger partial charge >= 0.3 is 6.73 Å². The van der Waals surface area contributed by atoms with Gasteiger partial charge in [-0.2, -0.15) is 0 Å². The quantitative estimate of drug-likeness (QED) is 0.472. The van der Waals surface area contributed by atoms with Crippen LogP contribution in [-0.4, -0.2) is 12.3 Å². The SMILES string of the molecule is [C-]#[N+]COC(C)(C)C. The fourth-order valence-corrected chi connectivity index (χ4v) is 0.226. The third-order valence-corrected chi connectivity index (χ3v) is 0.562. The minimum Gasteiger partial charge on any atom is -0.307 e. The van der Waals surface area contributed by atoms with E-state index < -0.39 is 0 Å². The molecule has 0 bridgehead atoms. The molecule has 0 atom stereocenters. The van der Waals surface area contributed by atoms with Crippen LogP contribution in [0.2, 0.25) is 0 Å². The highest BCUT2D eigenvalue weighted by Crippen LogP contribution is 2.05. The molecule has 2 heteroatoms. The predicted molar refractivity (Wildman–Crippen MR) is 32.3 cm³/mol. The molecule has 0 saturated carbocycles. The van der Waals surface area contributed by atoms with Crippen molar-refractivity contribution in [1.82, 2.24) is 0 Å². The van der Waals surface area contributed by atoms with E-state index in [1.54, 1.807) is 0 Å². The average molecular weight is 113 g/mol. The summed E-state index contributed by atoms with van der Waals surface area (Å²) >= 11 is 0. The van der Waals surface area contributed by atoms with Gasteiger partial charge in [0.05, 0.1) is 5.60 Å². The van der Waals surface area contributed by atoms with Gasteiger partial charge in [-0.25, -0.2) is 6.57 Å². The highest BCUT2D eigenvalue weighted by Gasteiger charge is 2.09. The summed E-state index contributed by atoms with van der Waals surface area (Å²) in [6.07, 6.45) is 0. The summed E-state index contributed by atoms with van der Waals surface area (Å²) in [5.74, 6) is 0. The standard InChI is InChI=1S/C6H11NO/c1-6(2,3)8-5-7-4/h5H2,1-3H3. The first-order valence-electron chi connectivity index (χ1n) is 2.53. The van der Waals surface area contributed by atoms with Gasteiger partial charge in [-0.15, -0.1) is 0 Å². The second-order valence-electron chi connectivity index (χ2n) is 2.54. The van der Waals surface area contributed by atoms with E-state index in [-0.39, 0.29) is 12.3 Å². The molecule has 46 valence electrons. The molecule has 0 rings (SSSR count). The Morgan fingerprint density at radius 1 is 1.50 bits per heavy atom. The fraction of sp³-hybridized carbons (Fsp3) is 0.833. The van der Waals surface area contributed by atoms with E-state index in [0.717, 1.165) is 0 Å². The summed E-state index contributed by atoms with van der Waals surface area (Å²) < 4.78 is 5.02. The lowest BCUT2D eigenvalue weighted by Crippen LogP contribution is -2.18. The van der Waals surface area contributed by atoms with E-state index in [1.165, 1.54) is 0 Å². The summed E-state index contributed by atoms with van der Waals surface area (Å²) in [4.78, 5) is 3.05. The molecule has 8 heavy (non-hydrogen) atoms. The van der Waals surface area contributed by atoms with Crippen molar-refractivity contribution in [3.63, 3.8) is 0 Å². The van der Waals surface area contributed by atoms with Crippen LogP contribution in [-0.2, 0) is 4.74 Å². The van der Waals surface area contributed by atoms with Gasteiger partial charge in [0, 0.05) is 0 Å². The summed E-state index contributed by atoms with van der Waals surface area (Å²) in [6.45, 7) is 12.3. The first kappa shape index (κ1) is 7.45. The number of ether oxygens (including phenoxy) is 1. The lowest BCUT2D eigenvalue weighted by atomic mass is 10.2. The number of nitrogens with zero attached hydrogens (tertiary/aromatic N) is 1. The minimum absolute atomic E-state index is 0.162. The molecule has 0 spiro atoms. The van der Waals surface area contributed by atoms with Crippen molar-refractivity contribution in [2.24, 2.45) is 0 Å². The van der Waals surface area contributed by atoms with Crippen LogP contribution in [0.1, 0.15) is 20.8 Å². The first-order chi connectivity index (χ1) is 3.56. The van der Waals surface area contributed by atoms with Crippen LogP contribution in [0.15, 0.2) is 0 Å². The molecule has 0 N–H and O–H groups in total. The van der Waals surface area contributed by atoms with Gasteiger partial charge < -0.3 is 4.74 Å². The highest BCUT2D eigenvalue weighted by atomic mass is 16.5. The van der Waals surface area contributed by atoms with Gasteiger partial charge in [-0.1, -0.05) is 0 Å². The van der Waals surface area contributed by atoms with Crippen LogP contribution in [0.25, 0.3) is 4.85 Å². The average Bonchev–Trinajstić information content (AvgIpc) is 1.59. The molecular weight excluding hydrogens is 102 g/mol. The Labute approximate surface area is 50.3 Å². The van der Waals surface area contributed by atoms with Crippen molar-refractivity contribution in [3.8, 4) is 0 Å². The Morgan fingerprint density at radius 3 is 2.12 bits per heavy atom. The monoisotopic (exact) mass is 113 g/mol. The summed E-state index contributed by atoms with van der Waals surface area (Å²) in [7, 11) is 0. The third-order valence-electron chi connectivity index (χ3n) is 0.562. The van der Waals surface area contributed by atoms with E-state index in [0.29, 0.717) is 0 Å². The van der Waals surface area contributed by atoms with Gasteiger partial charge in [0.1, 0.15) is 0 Å². The number of hydrogen-bond acceptors (Lipinski definition) is 1. The van der Waals surface area contributed by atoms with E-state index in [2.05, 4.69) is 4.85 Å². The van der Waals surface area contributed by atoms with Gasteiger partial charge in [0.15, 0.2) is 0 Å². The van der Waals surface area contributed by atoms with E-state index in [4.69, 9.17) is 11.3 Å². The molecule has 0 aromatic carbocycles. The molecule has 0 aliphatic rings. The molecule has 0 aromatic rings. The molecule has 0 aliphatic carbocycles. The van der Waals surface area contributed by atoms with E-state index in [1.807, 2.05) is 20.8 Å². The molecule has 2 nitrogen and oxygen atoms in total. The largest absolute Gasteiger partial charge is 0.318 e. The molecule has 0 aromatic heterocycles. The molecule has 0 fully saturated rings. The Morgan fingerprint density at radius 2 is 2.00 bits per heavy atom. The molecule has 0 saturated heterocycles. The molecule has 0 radical (unpaired) electrons.